The van der Waals surface area contributed by atoms with E-state index < -0.39 is 6.10 Å². The SMILES string of the molecule is Cc1ccc(CCNC(=O)c2cccc(CC(C)(C)NC[C@@H](O)c3ccc(O)c(CO)c3)c2)cc1. The lowest BCUT2D eigenvalue weighted by molar-refractivity contribution is 0.0954. The normalized spacial score (nSPS) is 12.4. The highest BCUT2D eigenvalue weighted by atomic mass is 16.3. The summed E-state index contributed by atoms with van der Waals surface area (Å²) in [5.41, 5.74) is 4.74. The maximum atomic E-state index is 12.7. The summed E-state index contributed by atoms with van der Waals surface area (Å²) in [6, 6.07) is 20.7. The summed E-state index contributed by atoms with van der Waals surface area (Å²) < 4.78 is 0. The zero-order valence-electron chi connectivity index (χ0n) is 20.7. The molecule has 3 aromatic rings. The smallest absolute Gasteiger partial charge is 0.251 e. The van der Waals surface area contributed by atoms with Crippen molar-refractivity contribution in [2.45, 2.75) is 51.9 Å². The predicted molar refractivity (Wildman–Crippen MR) is 138 cm³/mol. The summed E-state index contributed by atoms with van der Waals surface area (Å²) in [7, 11) is 0. The molecule has 0 aliphatic heterocycles. The Bertz CT molecular complexity index is 1130. The average Bonchev–Trinajstić information content (AvgIpc) is 2.84. The summed E-state index contributed by atoms with van der Waals surface area (Å²) in [6.45, 7) is 6.74. The van der Waals surface area contributed by atoms with E-state index in [2.05, 4.69) is 41.8 Å². The second-order valence-corrected chi connectivity index (χ2v) is 9.70. The summed E-state index contributed by atoms with van der Waals surface area (Å²) in [6.07, 6.45) is 0.666. The molecule has 35 heavy (non-hydrogen) atoms. The molecular formula is C29H36N2O4. The molecule has 0 bridgehead atoms. The van der Waals surface area contributed by atoms with E-state index in [0.717, 1.165) is 12.0 Å². The summed E-state index contributed by atoms with van der Waals surface area (Å²) in [4.78, 5) is 12.7. The summed E-state index contributed by atoms with van der Waals surface area (Å²) in [5, 5.41) is 36.0. The van der Waals surface area contributed by atoms with Crippen LogP contribution in [0.2, 0.25) is 0 Å². The number of nitrogens with one attached hydrogen (secondary N) is 2. The molecule has 0 aromatic heterocycles. The van der Waals surface area contributed by atoms with Crippen LogP contribution in [0.25, 0.3) is 0 Å². The molecule has 1 amide bonds. The van der Waals surface area contributed by atoms with Crippen molar-refractivity contribution in [3.8, 4) is 5.75 Å². The van der Waals surface area contributed by atoms with Gasteiger partial charge in [-0.1, -0.05) is 48.0 Å². The zero-order valence-corrected chi connectivity index (χ0v) is 20.7. The van der Waals surface area contributed by atoms with Crippen molar-refractivity contribution in [2.75, 3.05) is 13.1 Å². The van der Waals surface area contributed by atoms with Crippen LogP contribution < -0.4 is 10.6 Å². The molecule has 6 nitrogen and oxygen atoms in total. The second kappa shape index (κ2) is 12.0. The highest BCUT2D eigenvalue weighted by Gasteiger charge is 2.21. The minimum absolute atomic E-state index is 0.0100. The van der Waals surface area contributed by atoms with Gasteiger partial charge in [-0.25, -0.2) is 0 Å². The van der Waals surface area contributed by atoms with Gasteiger partial charge in [-0.3, -0.25) is 4.79 Å². The molecule has 0 heterocycles. The van der Waals surface area contributed by atoms with E-state index in [1.54, 1.807) is 12.1 Å². The third-order valence-corrected chi connectivity index (χ3v) is 6.09. The molecule has 3 aromatic carbocycles. The van der Waals surface area contributed by atoms with Crippen LogP contribution in [0.1, 0.15) is 58.1 Å². The van der Waals surface area contributed by atoms with Gasteiger partial charge in [-0.2, -0.15) is 0 Å². The average molecular weight is 477 g/mol. The first-order valence-electron chi connectivity index (χ1n) is 12.0. The topological polar surface area (TPSA) is 102 Å². The van der Waals surface area contributed by atoms with Crippen molar-refractivity contribution in [3.05, 3.63) is 100 Å². The molecule has 186 valence electrons. The van der Waals surface area contributed by atoms with Crippen LogP contribution in [0.3, 0.4) is 0 Å². The number of carbonyl (C=O) groups excluding carboxylic acids is 1. The lowest BCUT2D eigenvalue weighted by atomic mass is 9.93. The van der Waals surface area contributed by atoms with Gasteiger partial charge in [0.05, 0.1) is 12.7 Å². The highest BCUT2D eigenvalue weighted by molar-refractivity contribution is 5.94. The third kappa shape index (κ3) is 7.92. The summed E-state index contributed by atoms with van der Waals surface area (Å²) >= 11 is 0. The number of aryl methyl sites for hydroxylation is 1. The number of aliphatic hydroxyl groups excluding tert-OH is 2. The number of aliphatic hydroxyl groups is 2. The van der Waals surface area contributed by atoms with E-state index in [9.17, 15) is 20.1 Å². The molecule has 1 atom stereocenters. The van der Waals surface area contributed by atoms with Crippen LogP contribution in [0.4, 0.5) is 0 Å². The molecule has 0 spiro atoms. The van der Waals surface area contributed by atoms with E-state index in [0.29, 0.717) is 36.2 Å². The van der Waals surface area contributed by atoms with Crippen molar-refractivity contribution in [3.63, 3.8) is 0 Å². The minimum atomic E-state index is -0.786. The van der Waals surface area contributed by atoms with Crippen molar-refractivity contribution in [1.82, 2.24) is 10.6 Å². The first-order valence-corrected chi connectivity index (χ1v) is 12.0. The predicted octanol–water partition coefficient (Wildman–Crippen LogP) is 3.81. The van der Waals surface area contributed by atoms with Crippen molar-refractivity contribution in [1.29, 1.82) is 0 Å². The van der Waals surface area contributed by atoms with Crippen LogP contribution in [0.5, 0.6) is 5.75 Å². The maximum absolute atomic E-state index is 12.7. The number of aromatic hydroxyl groups is 1. The Morgan fingerprint density at radius 3 is 2.46 bits per heavy atom. The van der Waals surface area contributed by atoms with Crippen molar-refractivity contribution < 1.29 is 20.1 Å². The number of hydrogen-bond donors (Lipinski definition) is 5. The quantitative estimate of drug-likeness (QED) is 0.290. The van der Waals surface area contributed by atoms with Crippen molar-refractivity contribution in [2.24, 2.45) is 0 Å². The Hall–Kier alpha value is -3.19. The Kier molecular flexibility index (Phi) is 9.04. The minimum Gasteiger partial charge on any atom is -0.508 e. The van der Waals surface area contributed by atoms with Crippen LogP contribution in [-0.2, 0) is 19.4 Å². The fourth-order valence-corrected chi connectivity index (χ4v) is 4.00. The van der Waals surface area contributed by atoms with E-state index in [1.807, 2.05) is 38.1 Å². The maximum Gasteiger partial charge on any atom is 0.251 e. The van der Waals surface area contributed by atoms with Gasteiger partial charge in [-0.15, -0.1) is 0 Å². The molecule has 0 saturated carbocycles. The van der Waals surface area contributed by atoms with Crippen LogP contribution in [-0.4, -0.2) is 39.9 Å². The number of β-amino-alcohol motifs (C(OH)–C–C–N with tert-alkyl or cyclic N) is 1. The van der Waals surface area contributed by atoms with Gasteiger partial charge in [0.25, 0.3) is 5.91 Å². The van der Waals surface area contributed by atoms with Crippen LogP contribution in [0.15, 0.2) is 66.7 Å². The van der Waals surface area contributed by atoms with Gasteiger partial charge in [-0.05, 0) is 74.6 Å². The van der Waals surface area contributed by atoms with Gasteiger partial charge < -0.3 is 26.0 Å². The van der Waals surface area contributed by atoms with E-state index >= 15 is 0 Å². The second-order valence-electron chi connectivity index (χ2n) is 9.70. The Balaban J connectivity index is 1.53. The van der Waals surface area contributed by atoms with Gasteiger partial charge in [0, 0.05) is 29.8 Å². The molecule has 0 saturated heterocycles. The lowest BCUT2D eigenvalue weighted by Crippen LogP contribution is -2.43. The Morgan fingerprint density at radius 2 is 1.74 bits per heavy atom. The standard InChI is InChI=1S/C29H36N2O4/c1-20-7-9-21(10-8-20)13-14-30-28(35)24-6-4-5-22(15-24)17-29(2,3)31-18-27(34)23-11-12-26(33)25(16-23)19-32/h4-12,15-16,27,31-34H,13-14,17-19H2,1-3H3,(H,30,35)/t27-/m1/s1. The first kappa shape index (κ1) is 26.4. The monoisotopic (exact) mass is 476 g/mol. The largest absolute Gasteiger partial charge is 0.508 e. The Labute approximate surface area is 207 Å². The number of carbonyl (C=O) groups is 1. The molecule has 3 rings (SSSR count). The number of rotatable bonds is 11. The Morgan fingerprint density at radius 1 is 1.00 bits per heavy atom. The highest BCUT2D eigenvalue weighted by Crippen LogP contribution is 2.23. The summed E-state index contributed by atoms with van der Waals surface area (Å²) in [5.74, 6) is -0.0806. The molecule has 0 unspecified atom stereocenters. The van der Waals surface area contributed by atoms with Gasteiger partial charge in [0.1, 0.15) is 5.75 Å². The van der Waals surface area contributed by atoms with Gasteiger partial charge >= 0.3 is 0 Å². The fourth-order valence-electron chi connectivity index (χ4n) is 4.00. The number of hydrogen-bond acceptors (Lipinski definition) is 5. The fraction of sp³-hybridized carbons (Fsp3) is 0.345. The molecule has 0 aliphatic carbocycles. The molecule has 0 aliphatic rings. The van der Waals surface area contributed by atoms with Crippen LogP contribution in [0, 0.1) is 6.92 Å². The zero-order chi connectivity index (χ0) is 25.4. The number of phenols is 1. The van der Waals surface area contributed by atoms with Gasteiger partial charge in [0.15, 0.2) is 0 Å². The van der Waals surface area contributed by atoms with Gasteiger partial charge in [0.2, 0.25) is 0 Å². The van der Waals surface area contributed by atoms with Crippen LogP contribution >= 0.6 is 0 Å². The molecule has 0 radical (unpaired) electrons. The lowest BCUT2D eigenvalue weighted by Gasteiger charge is -2.28. The molecule has 5 N–H and O–H groups in total. The molecular weight excluding hydrogens is 440 g/mol. The molecule has 6 heteroatoms. The van der Waals surface area contributed by atoms with Crippen molar-refractivity contribution >= 4 is 5.91 Å². The van der Waals surface area contributed by atoms with E-state index in [1.165, 1.54) is 17.2 Å². The number of benzene rings is 3. The molecule has 0 fully saturated rings. The van der Waals surface area contributed by atoms with E-state index in [4.69, 9.17) is 0 Å². The van der Waals surface area contributed by atoms with E-state index in [-0.39, 0.29) is 23.8 Å². The first-order chi connectivity index (χ1) is 16.7. The third-order valence-electron chi connectivity index (χ3n) is 6.09. The number of amides is 1.